The topological polar surface area (TPSA) is 55.2 Å². The van der Waals surface area contributed by atoms with Crippen LogP contribution in [0, 0.1) is 26.4 Å². The first-order valence-electron chi connectivity index (χ1n) is 5.44. The van der Waals surface area contributed by atoms with Gasteiger partial charge in [0.05, 0.1) is 8.49 Å². The standard InChI is InChI=1S/C13H10FIN2O2/c1-8-2-3-9(6-11(8)14)16-10-4-5-13(17(18)19)12(15)7-10/h2-7,16H,1H3. The minimum Gasteiger partial charge on any atom is -0.355 e. The number of hydrogen-bond donors (Lipinski definition) is 1. The Hall–Kier alpha value is -1.70. The molecule has 0 heterocycles. The molecule has 98 valence electrons. The molecule has 0 aliphatic heterocycles. The summed E-state index contributed by atoms with van der Waals surface area (Å²) in [6.07, 6.45) is 0. The van der Waals surface area contributed by atoms with Gasteiger partial charge in [-0.25, -0.2) is 4.39 Å². The summed E-state index contributed by atoms with van der Waals surface area (Å²) in [5, 5.41) is 13.7. The van der Waals surface area contributed by atoms with Gasteiger partial charge in [-0.3, -0.25) is 10.1 Å². The van der Waals surface area contributed by atoms with Crippen molar-refractivity contribution in [3.8, 4) is 0 Å². The van der Waals surface area contributed by atoms with E-state index < -0.39 is 4.92 Å². The fraction of sp³-hybridized carbons (Fsp3) is 0.0769. The average molecular weight is 372 g/mol. The summed E-state index contributed by atoms with van der Waals surface area (Å²) in [5.41, 5.74) is 1.91. The smallest absolute Gasteiger partial charge is 0.282 e. The quantitative estimate of drug-likeness (QED) is 0.494. The molecule has 0 spiro atoms. The summed E-state index contributed by atoms with van der Waals surface area (Å²) < 4.78 is 13.9. The zero-order chi connectivity index (χ0) is 14.0. The van der Waals surface area contributed by atoms with E-state index in [-0.39, 0.29) is 11.5 Å². The van der Waals surface area contributed by atoms with E-state index in [1.165, 1.54) is 12.1 Å². The fourth-order valence-corrected chi connectivity index (χ4v) is 2.28. The van der Waals surface area contributed by atoms with Crippen LogP contribution < -0.4 is 5.32 Å². The number of aryl methyl sites for hydroxylation is 1. The van der Waals surface area contributed by atoms with Crippen LogP contribution in [-0.4, -0.2) is 4.92 Å². The first kappa shape index (κ1) is 13.7. The molecule has 0 bridgehead atoms. The van der Waals surface area contributed by atoms with Crippen molar-refractivity contribution in [3.63, 3.8) is 0 Å². The second kappa shape index (κ2) is 5.52. The molecule has 2 aromatic rings. The Balaban J connectivity index is 2.26. The highest BCUT2D eigenvalue weighted by Gasteiger charge is 2.11. The normalized spacial score (nSPS) is 10.3. The zero-order valence-electron chi connectivity index (χ0n) is 9.98. The van der Waals surface area contributed by atoms with Gasteiger partial charge in [-0.15, -0.1) is 0 Å². The van der Waals surface area contributed by atoms with Gasteiger partial charge in [0, 0.05) is 17.4 Å². The molecule has 0 amide bonds. The van der Waals surface area contributed by atoms with Crippen LogP contribution >= 0.6 is 22.6 Å². The Morgan fingerprint density at radius 3 is 2.42 bits per heavy atom. The van der Waals surface area contributed by atoms with E-state index in [1.54, 1.807) is 31.2 Å². The summed E-state index contributed by atoms with van der Waals surface area (Å²) >= 11 is 1.90. The Morgan fingerprint density at radius 2 is 1.84 bits per heavy atom. The molecule has 6 heteroatoms. The van der Waals surface area contributed by atoms with E-state index in [9.17, 15) is 14.5 Å². The maximum Gasteiger partial charge on any atom is 0.282 e. The lowest BCUT2D eigenvalue weighted by Crippen LogP contribution is -1.95. The third kappa shape index (κ3) is 3.19. The molecule has 2 rings (SSSR count). The average Bonchev–Trinajstić information content (AvgIpc) is 2.33. The zero-order valence-corrected chi connectivity index (χ0v) is 12.1. The van der Waals surface area contributed by atoms with Crippen LogP contribution in [0.25, 0.3) is 0 Å². The van der Waals surface area contributed by atoms with Crippen LogP contribution in [0.15, 0.2) is 36.4 Å². The maximum atomic E-state index is 13.4. The lowest BCUT2D eigenvalue weighted by molar-refractivity contribution is -0.385. The van der Waals surface area contributed by atoms with Crippen molar-refractivity contribution < 1.29 is 9.31 Å². The van der Waals surface area contributed by atoms with Crippen LogP contribution in [0.4, 0.5) is 21.5 Å². The van der Waals surface area contributed by atoms with E-state index in [1.807, 2.05) is 22.6 Å². The van der Waals surface area contributed by atoms with Gasteiger partial charge in [-0.2, -0.15) is 0 Å². The first-order valence-corrected chi connectivity index (χ1v) is 6.52. The van der Waals surface area contributed by atoms with Crippen molar-refractivity contribution in [1.29, 1.82) is 0 Å². The summed E-state index contributed by atoms with van der Waals surface area (Å²) in [5.74, 6) is -0.290. The highest BCUT2D eigenvalue weighted by atomic mass is 127. The Bertz CT molecular complexity index is 647. The van der Waals surface area contributed by atoms with Crippen LogP contribution in [-0.2, 0) is 0 Å². The number of anilines is 2. The van der Waals surface area contributed by atoms with Gasteiger partial charge < -0.3 is 5.32 Å². The Kier molecular flexibility index (Phi) is 3.98. The lowest BCUT2D eigenvalue weighted by Gasteiger charge is -2.08. The Morgan fingerprint density at radius 1 is 1.21 bits per heavy atom. The largest absolute Gasteiger partial charge is 0.355 e. The molecule has 0 aliphatic rings. The SMILES string of the molecule is Cc1ccc(Nc2ccc([N+](=O)[O-])c(I)c2)cc1F. The van der Waals surface area contributed by atoms with Crippen molar-refractivity contribution in [2.45, 2.75) is 6.92 Å². The highest BCUT2D eigenvalue weighted by molar-refractivity contribution is 14.1. The molecule has 2 aromatic carbocycles. The molecular formula is C13H10FIN2O2. The number of hydrogen-bond acceptors (Lipinski definition) is 3. The number of rotatable bonds is 3. The highest BCUT2D eigenvalue weighted by Crippen LogP contribution is 2.26. The van der Waals surface area contributed by atoms with Crippen LogP contribution in [0.2, 0.25) is 0 Å². The van der Waals surface area contributed by atoms with Gasteiger partial charge in [0.25, 0.3) is 5.69 Å². The van der Waals surface area contributed by atoms with Gasteiger partial charge >= 0.3 is 0 Å². The molecule has 19 heavy (non-hydrogen) atoms. The van der Waals surface area contributed by atoms with E-state index >= 15 is 0 Å². The van der Waals surface area contributed by atoms with Crippen molar-refractivity contribution in [2.24, 2.45) is 0 Å². The predicted molar refractivity (Wildman–Crippen MR) is 80.2 cm³/mol. The van der Waals surface area contributed by atoms with Crippen LogP contribution in [0.3, 0.4) is 0 Å². The number of nitrogens with one attached hydrogen (secondary N) is 1. The van der Waals surface area contributed by atoms with Gasteiger partial charge in [0.2, 0.25) is 0 Å². The molecular weight excluding hydrogens is 362 g/mol. The fourth-order valence-electron chi connectivity index (χ4n) is 1.57. The molecule has 4 nitrogen and oxygen atoms in total. The summed E-state index contributed by atoms with van der Waals surface area (Å²) in [6.45, 7) is 1.69. The Labute approximate surface area is 122 Å². The number of nitro groups is 1. The van der Waals surface area contributed by atoms with E-state index in [4.69, 9.17) is 0 Å². The molecule has 0 saturated carbocycles. The van der Waals surface area contributed by atoms with Crippen LogP contribution in [0.5, 0.6) is 0 Å². The summed E-state index contributed by atoms with van der Waals surface area (Å²) in [4.78, 5) is 10.3. The van der Waals surface area contributed by atoms with Gasteiger partial charge in [0.15, 0.2) is 0 Å². The second-order valence-corrected chi connectivity index (χ2v) is 5.17. The van der Waals surface area contributed by atoms with Crippen molar-refractivity contribution in [2.75, 3.05) is 5.32 Å². The molecule has 0 aromatic heterocycles. The number of benzene rings is 2. The molecule has 0 saturated heterocycles. The van der Waals surface area contributed by atoms with Crippen molar-refractivity contribution >= 4 is 39.7 Å². The van der Waals surface area contributed by atoms with Gasteiger partial charge in [0.1, 0.15) is 5.82 Å². The van der Waals surface area contributed by atoms with E-state index in [0.717, 1.165) is 0 Å². The lowest BCUT2D eigenvalue weighted by atomic mass is 10.2. The first-order chi connectivity index (χ1) is 8.97. The molecule has 0 fully saturated rings. The molecule has 0 aliphatic carbocycles. The second-order valence-electron chi connectivity index (χ2n) is 4.01. The molecule has 0 atom stereocenters. The number of nitrogens with zero attached hydrogens (tertiary/aromatic N) is 1. The summed E-state index contributed by atoms with van der Waals surface area (Å²) in [6, 6.07) is 9.49. The van der Waals surface area contributed by atoms with Crippen molar-refractivity contribution in [3.05, 3.63) is 61.5 Å². The minimum absolute atomic E-state index is 0.0567. The molecule has 0 unspecified atom stereocenters. The van der Waals surface area contributed by atoms with E-state index in [2.05, 4.69) is 5.32 Å². The molecule has 0 radical (unpaired) electrons. The van der Waals surface area contributed by atoms with E-state index in [0.29, 0.717) is 20.5 Å². The summed E-state index contributed by atoms with van der Waals surface area (Å²) in [7, 11) is 0. The molecule has 1 N–H and O–H groups in total. The monoisotopic (exact) mass is 372 g/mol. The van der Waals surface area contributed by atoms with Gasteiger partial charge in [-0.1, -0.05) is 6.07 Å². The third-order valence-corrected chi connectivity index (χ3v) is 3.47. The van der Waals surface area contributed by atoms with Crippen molar-refractivity contribution in [1.82, 2.24) is 0 Å². The van der Waals surface area contributed by atoms with Gasteiger partial charge in [-0.05, 0) is 59.3 Å². The number of halogens is 2. The van der Waals surface area contributed by atoms with Crippen LogP contribution in [0.1, 0.15) is 5.56 Å². The third-order valence-electron chi connectivity index (χ3n) is 2.60. The maximum absolute atomic E-state index is 13.4. The number of nitro benzene ring substituents is 1. The minimum atomic E-state index is -0.433. The predicted octanol–water partition coefficient (Wildman–Crippen LogP) is 4.39.